The molecule has 0 spiro atoms. The van der Waals surface area contributed by atoms with Gasteiger partial charge in [-0.05, 0) is 11.8 Å². The molecule has 0 aromatic heterocycles. The monoisotopic (exact) mass is 214 g/mol. The number of aliphatic hydroxyl groups excluding tert-OH is 2. The van der Waals surface area contributed by atoms with Crippen LogP contribution in [-0.4, -0.2) is 43.4 Å². The fraction of sp³-hybridized carbons (Fsp3) is 0.818. The number of ether oxygens (including phenoxy) is 2. The third-order valence-corrected chi connectivity index (χ3v) is 3.99. The molecule has 2 rings (SSSR count). The quantitative estimate of drug-likeness (QED) is 0.511. The molecule has 4 heteroatoms. The largest absolute Gasteiger partial charge is 0.396 e. The normalized spacial score (nSPS) is 41.3. The second kappa shape index (κ2) is 3.87. The van der Waals surface area contributed by atoms with Gasteiger partial charge in [0, 0.05) is 39.3 Å². The average Bonchev–Trinajstić information content (AvgIpc) is 2.78. The maximum Gasteiger partial charge on any atom is 0.180 e. The summed E-state index contributed by atoms with van der Waals surface area (Å²) < 4.78 is 11.0. The summed E-state index contributed by atoms with van der Waals surface area (Å²) in [7, 11) is 3.23. The van der Waals surface area contributed by atoms with Crippen molar-refractivity contribution >= 4 is 0 Å². The first kappa shape index (κ1) is 11.1. The molecular weight excluding hydrogens is 196 g/mol. The summed E-state index contributed by atoms with van der Waals surface area (Å²) in [6.07, 6.45) is 4.06. The molecule has 1 fully saturated rings. The van der Waals surface area contributed by atoms with E-state index in [0.717, 1.165) is 0 Å². The second-order valence-electron chi connectivity index (χ2n) is 4.26. The zero-order chi connectivity index (χ0) is 11.1. The van der Waals surface area contributed by atoms with Gasteiger partial charge in [-0.15, -0.1) is 0 Å². The lowest BCUT2D eigenvalue weighted by atomic mass is 9.84. The van der Waals surface area contributed by atoms with Gasteiger partial charge in [-0.2, -0.15) is 0 Å². The van der Waals surface area contributed by atoms with Crippen molar-refractivity contribution in [1.82, 2.24) is 0 Å². The van der Waals surface area contributed by atoms with Gasteiger partial charge in [-0.25, -0.2) is 0 Å². The molecule has 0 aromatic rings. The summed E-state index contributed by atoms with van der Waals surface area (Å²) in [5.74, 6) is -0.532. The summed E-state index contributed by atoms with van der Waals surface area (Å²) in [5.41, 5.74) is 0. The van der Waals surface area contributed by atoms with Crippen LogP contribution >= 0.6 is 0 Å². The number of hydrogen-bond donors (Lipinski definition) is 2. The van der Waals surface area contributed by atoms with Crippen molar-refractivity contribution in [3.63, 3.8) is 0 Å². The van der Waals surface area contributed by atoms with Gasteiger partial charge in [0.05, 0.1) is 0 Å². The predicted molar refractivity (Wildman–Crippen MR) is 54.0 cm³/mol. The Bertz CT molecular complexity index is 237. The molecular formula is C11H18O4. The van der Waals surface area contributed by atoms with Crippen molar-refractivity contribution in [2.45, 2.75) is 5.79 Å². The molecule has 0 saturated heterocycles. The molecule has 2 aliphatic carbocycles. The van der Waals surface area contributed by atoms with Crippen LogP contribution in [0.5, 0.6) is 0 Å². The Balaban J connectivity index is 2.34. The Kier molecular flexibility index (Phi) is 2.85. The lowest BCUT2D eigenvalue weighted by Gasteiger charge is -2.32. The van der Waals surface area contributed by atoms with Crippen molar-refractivity contribution in [3.05, 3.63) is 12.2 Å². The molecule has 2 N–H and O–H groups in total. The smallest absolute Gasteiger partial charge is 0.180 e. The highest BCUT2D eigenvalue weighted by atomic mass is 16.7. The third-order valence-electron chi connectivity index (χ3n) is 3.99. The Morgan fingerprint density at radius 2 is 1.40 bits per heavy atom. The van der Waals surface area contributed by atoms with E-state index in [2.05, 4.69) is 0 Å². The van der Waals surface area contributed by atoms with Crippen LogP contribution in [-0.2, 0) is 9.47 Å². The standard InChI is InChI=1S/C11H18O4/c1-14-11(15-2)9-3-4-10(11)8(6-13)7(9)5-12/h3-4,7-10,12-13H,5-6H2,1-2H3/t7-,8+,9-,10+. The lowest BCUT2D eigenvalue weighted by Crippen LogP contribution is -2.41. The molecule has 0 unspecified atom stereocenters. The fourth-order valence-electron chi connectivity index (χ4n) is 3.27. The van der Waals surface area contributed by atoms with Gasteiger partial charge in [-0.3, -0.25) is 0 Å². The van der Waals surface area contributed by atoms with Crippen LogP contribution in [0, 0.1) is 23.7 Å². The highest BCUT2D eigenvalue weighted by molar-refractivity contribution is 5.22. The van der Waals surface area contributed by atoms with Crippen molar-refractivity contribution in [2.24, 2.45) is 23.7 Å². The predicted octanol–water partition coefficient (Wildman–Crippen LogP) is 0.00830. The van der Waals surface area contributed by atoms with Crippen molar-refractivity contribution in [2.75, 3.05) is 27.4 Å². The van der Waals surface area contributed by atoms with Crippen LogP contribution in [0.1, 0.15) is 0 Å². The topological polar surface area (TPSA) is 58.9 Å². The van der Waals surface area contributed by atoms with E-state index in [1.165, 1.54) is 0 Å². The first-order chi connectivity index (χ1) is 7.25. The van der Waals surface area contributed by atoms with Gasteiger partial charge in [0.15, 0.2) is 5.79 Å². The maximum absolute atomic E-state index is 9.36. The van der Waals surface area contributed by atoms with Crippen LogP contribution in [0.25, 0.3) is 0 Å². The molecule has 2 bridgehead atoms. The Labute approximate surface area is 89.5 Å². The molecule has 4 nitrogen and oxygen atoms in total. The Hall–Kier alpha value is -0.420. The number of hydrogen-bond acceptors (Lipinski definition) is 4. The van der Waals surface area contributed by atoms with Gasteiger partial charge >= 0.3 is 0 Å². The van der Waals surface area contributed by atoms with E-state index in [0.29, 0.717) is 0 Å². The second-order valence-corrected chi connectivity index (χ2v) is 4.26. The molecule has 1 saturated carbocycles. The molecule has 2 aliphatic rings. The van der Waals surface area contributed by atoms with Gasteiger partial charge in [0.2, 0.25) is 0 Å². The lowest BCUT2D eigenvalue weighted by molar-refractivity contribution is -0.235. The van der Waals surface area contributed by atoms with Crippen molar-refractivity contribution < 1.29 is 19.7 Å². The first-order valence-corrected chi connectivity index (χ1v) is 5.25. The van der Waals surface area contributed by atoms with Crippen LogP contribution in [0.3, 0.4) is 0 Å². The van der Waals surface area contributed by atoms with Crippen molar-refractivity contribution in [1.29, 1.82) is 0 Å². The Morgan fingerprint density at radius 1 is 1.00 bits per heavy atom. The van der Waals surface area contributed by atoms with Crippen LogP contribution in [0.4, 0.5) is 0 Å². The van der Waals surface area contributed by atoms with E-state index in [-0.39, 0.29) is 36.9 Å². The summed E-state index contributed by atoms with van der Waals surface area (Å²) in [5, 5.41) is 18.7. The zero-order valence-electron chi connectivity index (χ0n) is 9.09. The third kappa shape index (κ3) is 1.22. The highest BCUT2D eigenvalue weighted by Crippen LogP contribution is 2.56. The van der Waals surface area contributed by atoms with Gasteiger partial charge in [0.1, 0.15) is 0 Å². The fourth-order valence-corrected chi connectivity index (χ4v) is 3.27. The number of fused-ring (bicyclic) bond motifs is 2. The van der Waals surface area contributed by atoms with Gasteiger partial charge in [0.25, 0.3) is 0 Å². The number of aliphatic hydroxyl groups is 2. The van der Waals surface area contributed by atoms with Gasteiger partial charge < -0.3 is 19.7 Å². The zero-order valence-corrected chi connectivity index (χ0v) is 9.09. The molecule has 4 atom stereocenters. The summed E-state index contributed by atoms with van der Waals surface area (Å²) >= 11 is 0. The van der Waals surface area contributed by atoms with Gasteiger partial charge in [-0.1, -0.05) is 12.2 Å². The summed E-state index contributed by atoms with van der Waals surface area (Å²) in [6, 6.07) is 0. The number of rotatable bonds is 4. The minimum atomic E-state index is -0.680. The summed E-state index contributed by atoms with van der Waals surface area (Å²) in [4.78, 5) is 0. The summed E-state index contributed by atoms with van der Waals surface area (Å²) in [6.45, 7) is 0.121. The van der Waals surface area contributed by atoms with E-state index in [1.54, 1.807) is 14.2 Å². The van der Waals surface area contributed by atoms with Crippen molar-refractivity contribution in [3.8, 4) is 0 Å². The molecule has 86 valence electrons. The molecule has 15 heavy (non-hydrogen) atoms. The number of methoxy groups -OCH3 is 2. The SMILES string of the molecule is COC1(OC)[C@@H]2C=C[C@H]1[C@@H](CO)[C@H]2CO. The van der Waals surface area contributed by atoms with E-state index >= 15 is 0 Å². The molecule has 0 aliphatic heterocycles. The van der Waals surface area contributed by atoms with E-state index < -0.39 is 5.79 Å². The van der Waals surface area contributed by atoms with E-state index in [9.17, 15) is 10.2 Å². The van der Waals surface area contributed by atoms with E-state index in [4.69, 9.17) is 9.47 Å². The van der Waals surface area contributed by atoms with Crippen LogP contribution in [0.15, 0.2) is 12.2 Å². The first-order valence-electron chi connectivity index (χ1n) is 5.25. The van der Waals surface area contributed by atoms with Crippen LogP contribution < -0.4 is 0 Å². The molecule has 0 aromatic carbocycles. The highest BCUT2D eigenvalue weighted by Gasteiger charge is 2.62. The van der Waals surface area contributed by atoms with Crippen LogP contribution in [0.2, 0.25) is 0 Å². The molecule has 0 heterocycles. The average molecular weight is 214 g/mol. The molecule has 0 amide bonds. The minimum absolute atomic E-state index is 0.0323. The maximum atomic E-state index is 9.36. The minimum Gasteiger partial charge on any atom is -0.396 e. The van der Waals surface area contributed by atoms with E-state index in [1.807, 2.05) is 12.2 Å². The molecule has 0 radical (unpaired) electrons. The Morgan fingerprint density at radius 3 is 1.67 bits per heavy atom.